The van der Waals surface area contributed by atoms with Crippen LogP contribution in [0.4, 0.5) is 11.4 Å². The molecule has 0 radical (unpaired) electrons. The van der Waals surface area contributed by atoms with Gasteiger partial charge in [0.1, 0.15) is 11.6 Å². The molecule has 1 fully saturated rings. The Balaban J connectivity index is 1.75. The Labute approximate surface area is 166 Å². The van der Waals surface area contributed by atoms with Crippen molar-refractivity contribution in [2.75, 3.05) is 36.5 Å². The maximum Gasteiger partial charge on any atom is 0.266 e. The molecule has 28 heavy (non-hydrogen) atoms. The molecule has 0 atom stereocenters. The second kappa shape index (κ2) is 9.20. The molecule has 144 valence electrons. The van der Waals surface area contributed by atoms with Crippen molar-refractivity contribution in [1.29, 1.82) is 5.26 Å². The van der Waals surface area contributed by atoms with Crippen LogP contribution < -0.4 is 10.2 Å². The van der Waals surface area contributed by atoms with E-state index in [0.29, 0.717) is 5.69 Å². The molecule has 5 nitrogen and oxygen atoms in total. The summed E-state index contributed by atoms with van der Waals surface area (Å²) in [6, 6.07) is 15.8. The molecule has 3 rings (SSSR count). The van der Waals surface area contributed by atoms with E-state index in [1.807, 2.05) is 49.4 Å². The number of nitriles is 1. The molecule has 1 aliphatic heterocycles. The monoisotopic (exact) mass is 375 g/mol. The summed E-state index contributed by atoms with van der Waals surface area (Å²) in [5, 5.41) is 12.3. The highest BCUT2D eigenvalue weighted by molar-refractivity contribution is 6.09. The maximum absolute atomic E-state index is 12.5. The van der Waals surface area contributed by atoms with Gasteiger partial charge in [-0.05, 0) is 60.4 Å². The molecule has 0 unspecified atom stereocenters. The minimum absolute atomic E-state index is 0.0850. The van der Waals surface area contributed by atoms with E-state index in [9.17, 15) is 10.1 Å². The minimum atomic E-state index is -0.400. The van der Waals surface area contributed by atoms with Crippen LogP contribution in [0.2, 0.25) is 0 Å². The van der Waals surface area contributed by atoms with E-state index in [1.165, 1.54) is 5.56 Å². The zero-order valence-electron chi connectivity index (χ0n) is 16.4. The molecule has 5 heteroatoms. The predicted molar refractivity (Wildman–Crippen MR) is 112 cm³/mol. The number of benzene rings is 2. The van der Waals surface area contributed by atoms with E-state index >= 15 is 0 Å². The second-order valence-electron chi connectivity index (χ2n) is 6.81. The molecule has 1 aliphatic rings. The van der Waals surface area contributed by atoms with Gasteiger partial charge in [-0.1, -0.05) is 25.1 Å². The van der Waals surface area contributed by atoms with E-state index < -0.39 is 5.91 Å². The summed E-state index contributed by atoms with van der Waals surface area (Å²) in [4.78, 5) is 14.8. The van der Waals surface area contributed by atoms with Gasteiger partial charge in [-0.2, -0.15) is 5.26 Å². The Kier molecular flexibility index (Phi) is 6.46. The summed E-state index contributed by atoms with van der Waals surface area (Å²) in [6.07, 6.45) is 2.59. The zero-order valence-corrected chi connectivity index (χ0v) is 16.4. The molecule has 0 aromatic heterocycles. The van der Waals surface area contributed by atoms with Crippen molar-refractivity contribution in [3.8, 4) is 6.07 Å². The first-order chi connectivity index (χ1) is 13.6. The van der Waals surface area contributed by atoms with Crippen LogP contribution in [0.5, 0.6) is 0 Å². The smallest absolute Gasteiger partial charge is 0.266 e. The van der Waals surface area contributed by atoms with Gasteiger partial charge in [0.2, 0.25) is 0 Å². The summed E-state index contributed by atoms with van der Waals surface area (Å²) in [5.74, 6) is -0.400. The molecule has 1 heterocycles. The Morgan fingerprint density at radius 3 is 2.54 bits per heavy atom. The highest BCUT2D eigenvalue weighted by Crippen LogP contribution is 2.22. The number of aryl methyl sites for hydroxylation is 2. The highest BCUT2D eigenvalue weighted by Gasteiger charge is 2.13. The van der Waals surface area contributed by atoms with E-state index in [0.717, 1.165) is 49.5 Å². The number of nitrogens with zero attached hydrogens (tertiary/aromatic N) is 2. The molecule has 0 saturated carbocycles. The van der Waals surface area contributed by atoms with Gasteiger partial charge in [0.05, 0.1) is 13.2 Å². The number of hydrogen-bond donors (Lipinski definition) is 1. The average Bonchev–Trinajstić information content (AvgIpc) is 2.74. The Morgan fingerprint density at radius 2 is 1.93 bits per heavy atom. The van der Waals surface area contributed by atoms with Crippen molar-refractivity contribution in [3.63, 3.8) is 0 Å². The van der Waals surface area contributed by atoms with Crippen LogP contribution in [0, 0.1) is 18.3 Å². The molecule has 2 aromatic rings. The number of amides is 1. The lowest BCUT2D eigenvalue weighted by atomic mass is 10.0. The number of rotatable bonds is 5. The normalized spacial score (nSPS) is 14.5. The predicted octanol–water partition coefficient (Wildman–Crippen LogP) is 3.94. The van der Waals surface area contributed by atoms with Crippen molar-refractivity contribution in [2.45, 2.75) is 20.3 Å². The van der Waals surface area contributed by atoms with E-state index in [1.54, 1.807) is 6.08 Å². The van der Waals surface area contributed by atoms with Gasteiger partial charge in [0, 0.05) is 24.5 Å². The zero-order chi connectivity index (χ0) is 19.9. The third-order valence-electron chi connectivity index (χ3n) is 4.91. The maximum atomic E-state index is 12.5. The van der Waals surface area contributed by atoms with Gasteiger partial charge < -0.3 is 15.0 Å². The summed E-state index contributed by atoms with van der Waals surface area (Å²) in [6.45, 7) is 7.29. The van der Waals surface area contributed by atoms with E-state index in [2.05, 4.69) is 23.2 Å². The van der Waals surface area contributed by atoms with E-state index in [4.69, 9.17) is 4.74 Å². The molecule has 0 bridgehead atoms. The molecule has 1 amide bonds. The number of ether oxygens (including phenoxy) is 1. The van der Waals surface area contributed by atoms with Crippen molar-refractivity contribution in [2.24, 2.45) is 0 Å². The number of nitrogens with one attached hydrogen (secondary N) is 1. The van der Waals surface area contributed by atoms with Crippen LogP contribution in [0.25, 0.3) is 6.08 Å². The van der Waals surface area contributed by atoms with Gasteiger partial charge >= 0.3 is 0 Å². The van der Waals surface area contributed by atoms with Crippen LogP contribution >= 0.6 is 0 Å². The lowest BCUT2D eigenvalue weighted by molar-refractivity contribution is -0.112. The summed E-state index contributed by atoms with van der Waals surface area (Å²) in [5.41, 5.74) is 4.99. The lowest BCUT2D eigenvalue weighted by Crippen LogP contribution is -2.36. The molecule has 1 saturated heterocycles. The minimum Gasteiger partial charge on any atom is -0.378 e. The topological polar surface area (TPSA) is 65.4 Å². The van der Waals surface area contributed by atoms with Crippen LogP contribution in [0.15, 0.2) is 48.0 Å². The number of anilines is 2. The van der Waals surface area contributed by atoms with Gasteiger partial charge in [-0.3, -0.25) is 4.79 Å². The lowest BCUT2D eigenvalue weighted by Gasteiger charge is -2.29. The Morgan fingerprint density at radius 1 is 1.21 bits per heavy atom. The van der Waals surface area contributed by atoms with E-state index in [-0.39, 0.29) is 5.57 Å². The van der Waals surface area contributed by atoms with Gasteiger partial charge in [-0.15, -0.1) is 0 Å². The Bertz CT molecular complexity index is 904. The van der Waals surface area contributed by atoms with Crippen molar-refractivity contribution in [1.82, 2.24) is 0 Å². The fraction of sp³-hybridized carbons (Fsp3) is 0.304. The van der Waals surface area contributed by atoms with Crippen LogP contribution in [0.3, 0.4) is 0 Å². The summed E-state index contributed by atoms with van der Waals surface area (Å²) >= 11 is 0. The standard InChI is InChI=1S/C23H25N3O2/c1-3-18-4-7-21(8-5-18)25-23(27)20(16-24)15-19-6-9-22(14-17(19)2)26-10-12-28-13-11-26/h4-9,14-15H,3,10-13H2,1-2H3,(H,25,27)/b20-15-. The molecule has 2 aromatic carbocycles. The number of carbonyl (C=O) groups is 1. The summed E-state index contributed by atoms with van der Waals surface area (Å²) < 4.78 is 5.40. The quantitative estimate of drug-likeness (QED) is 0.635. The number of carbonyl (C=O) groups excluding carboxylic acids is 1. The van der Waals surface area contributed by atoms with Crippen LogP contribution in [-0.4, -0.2) is 32.2 Å². The first kappa shape index (κ1) is 19.7. The Hall–Kier alpha value is -3.10. The average molecular weight is 375 g/mol. The van der Waals surface area contributed by atoms with Gasteiger partial charge in [0.15, 0.2) is 0 Å². The fourth-order valence-electron chi connectivity index (χ4n) is 3.17. The van der Waals surface area contributed by atoms with Gasteiger partial charge in [0.25, 0.3) is 5.91 Å². The first-order valence-electron chi connectivity index (χ1n) is 9.56. The fourth-order valence-corrected chi connectivity index (χ4v) is 3.17. The third kappa shape index (κ3) is 4.79. The molecule has 0 aliphatic carbocycles. The summed E-state index contributed by atoms with van der Waals surface area (Å²) in [7, 11) is 0. The van der Waals surface area contributed by atoms with Crippen molar-refractivity contribution >= 4 is 23.4 Å². The third-order valence-corrected chi connectivity index (χ3v) is 4.91. The molecule has 1 N–H and O–H groups in total. The number of morpholine rings is 1. The highest BCUT2D eigenvalue weighted by atomic mass is 16.5. The number of hydrogen-bond acceptors (Lipinski definition) is 4. The van der Waals surface area contributed by atoms with Crippen molar-refractivity contribution < 1.29 is 9.53 Å². The SMILES string of the molecule is CCc1ccc(NC(=O)/C(C#N)=C\c2ccc(N3CCOCC3)cc2C)cc1. The van der Waals surface area contributed by atoms with Crippen molar-refractivity contribution in [3.05, 3.63) is 64.7 Å². The van der Waals surface area contributed by atoms with Gasteiger partial charge in [-0.25, -0.2) is 0 Å². The molecular weight excluding hydrogens is 350 g/mol. The first-order valence-corrected chi connectivity index (χ1v) is 9.56. The molecular formula is C23H25N3O2. The largest absolute Gasteiger partial charge is 0.378 e. The molecule has 0 spiro atoms. The van der Waals surface area contributed by atoms with Crippen LogP contribution in [-0.2, 0) is 16.0 Å². The second-order valence-corrected chi connectivity index (χ2v) is 6.81. The van der Waals surface area contributed by atoms with Crippen LogP contribution in [0.1, 0.15) is 23.6 Å².